The summed E-state index contributed by atoms with van der Waals surface area (Å²) in [7, 11) is -1.99. The first-order chi connectivity index (χ1) is 17.4. The largest absolute Gasteiger partial charge is 0.490 e. The minimum absolute atomic E-state index is 0.115. The lowest BCUT2D eigenvalue weighted by Gasteiger charge is -2.31. The number of carbonyl (C=O) groups is 2. The van der Waals surface area contributed by atoms with E-state index in [4.69, 9.17) is 9.90 Å². The lowest BCUT2D eigenvalue weighted by Crippen LogP contribution is -2.43. The summed E-state index contributed by atoms with van der Waals surface area (Å²) in [6.07, 6.45) is -3.16. The molecule has 0 aromatic heterocycles. The molecule has 1 amide bonds. The molecule has 0 aliphatic carbocycles. The van der Waals surface area contributed by atoms with Crippen molar-refractivity contribution >= 4 is 33.3 Å². The number of benzene rings is 2. The van der Waals surface area contributed by atoms with Crippen molar-refractivity contribution in [3.63, 3.8) is 0 Å². The molecule has 0 radical (unpaired) electrons. The molecule has 3 rings (SSSR count). The van der Waals surface area contributed by atoms with Crippen LogP contribution in [0.25, 0.3) is 0 Å². The van der Waals surface area contributed by atoms with Crippen LogP contribution in [0, 0.1) is 0 Å². The Bertz CT molecular complexity index is 1150. The first kappa shape index (κ1) is 29.9. The van der Waals surface area contributed by atoms with E-state index in [0.717, 1.165) is 44.7 Å². The first-order valence-electron chi connectivity index (χ1n) is 11.6. The van der Waals surface area contributed by atoms with E-state index in [0.29, 0.717) is 17.8 Å². The maximum absolute atomic E-state index is 13.0. The first-order valence-corrected chi connectivity index (χ1v) is 13.1. The number of sulfonamides is 1. The van der Waals surface area contributed by atoms with Gasteiger partial charge < -0.3 is 20.2 Å². The van der Waals surface area contributed by atoms with E-state index in [2.05, 4.69) is 21.9 Å². The monoisotopic (exact) mass is 544 g/mol. The predicted octanol–water partition coefficient (Wildman–Crippen LogP) is 3.40. The maximum Gasteiger partial charge on any atom is 0.490 e. The molecule has 37 heavy (non-hydrogen) atoms. The van der Waals surface area contributed by atoms with Crippen LogP contribution in [-0.4, -0.2) is 76.2 Å². The fourth-order valence-corrected chi connectivity index (χ4v) is 4.54. The molecular weight excluding hydrogens is 513 g/mol. The van der Waals surface area contributed by atoms with Gasteiger partial charge in [0.25, 0.3) is 15.9 Å². The Labute approximate surface area is 214 Å². The van der Waals surface area contributed by atoms with Crippen LogP contribution in [0.15, 0.2) is 53.4 Å². The van der Waals surface area contributed by atoms with E-state index in [1.54, 1.807) is 54.4 Å². The van der Waals surface area contributed by atoms with Gasteiger partial charge in [0.05, 0.1) is 16.3 Å². The second kappa shape index (κ2) is 13.3. The van der Waals surface area contributed by atoms with Crippen molar-refractivity contribution in [2.75, 3.05) is 49.4 Å². The van der Waals surface area contributed by atoms with Crippen molar-refractivity contribution in [2.45, 2.75) is 30.8 Å². The SMILES string of the molecule is CCCCN(C)C(=O)c1ccc(N2CCNCC2)c(NS(=O)(=O)c2ccccc2)c1.O=C(O)C(F)(F)F. The lowest BCUT2D eigenvalue weighted by atomic mass is 10.1. The van der Waals surface area contributed by atoms with Crippen LogP contribution in [-0.2, 0) is 14.8 Å². The molecule has 1 aliphatic heterocycles. The summed E-state index contributed by atoms with van der Waals surface area (Å²) in [6, 6.07) is 13.5. The van der Waals surface area contributed by atoms with E-state index in [1.165, 1.54) is 0 Å². The number of nitrogens with one attached hydrogen (secondary N) is 2. The summed E-state index contributed by atoms with van der Waals surface area (Å²) in [5.41, 5.74) is 1.68. The third kappa shape index (κ3) is 8.93. The zero-order valence-electron chi connectivity index (χ0n) is 20.6. The van der Waals surface area contributed by atoms with Gasteiger partial charge >= 0.3 is 12.1 Å². The topological polar surface area (TPSA) is 119 Å². The molecular formula is C24H31F3N4O5S. The molecule has 1 fully saturated rings. The van der Waals surface area contributed by atoms with Gasteiger partial charge in [-0.15, -0.1) is 0 Å². The number of alkyl halides is 3. The van der Waals surface area contributed by atoms with Gasteiger partial charge in [0.1, 0.15) is 0 Å². The minimum Gasteiger partial charge on any atom is -0.475 e. The summed E-state index contributed by atoms with van der Waals surface area (Å²) in [5.74, 6) is -2.87. The Hall–Kier alpha value is -3.32. The van der Waals surface area contributed by atoms with Crippen molar-refractivity contribution in [1.82, 2.24) is 10.2 Å². The smallest absolute Gasteiger partial charge is 0.475 e. The number of halogens is 3. The minimum atomic E-state index is -5.08. The van der Waals surface area contributed by atoms with Crippen LogP contribution in [0.3, 0.4) is 0 Å². The number of rotatable bonds is 8. The van der Waals surface area contributed by atoms with E-state index in [9.17, 15) is 26.4 Å². The number of unbranched alkanes of at least 4 members (excludes halogenated alkanes) is 1. The normalized spacial score (nSPS) is 13.8. The van der Waals surface area contributed by atoms with Crippen LogP contribution in [0.5, 0.6) is 0 Å². The average Bonchev–Trinajstić information content (AvgIpc) is 2.87. The quantitative estimate of drug-likeness (QED) is 0.466. The van der Waals surface area contributed by atoms with Gasteiger partial charge in [-0.2, -0.15) is 13.2 Å². The highest BCUT2D eigenvalue weighted by atomic mass is 32.2. The molecule has 13 heteroatoms. The standard InChI is InChI=1S/C22H30N4O3S.C2HF3O2/c1-3-4-14-25(2)22(27)18-10-11-21(26-15-12-23-13-16-26)20(17-18)24-30(28,29)19-8-6-5-7-9-19;3-2(4,5)1(6)7/h5-11,17,23-24H,3-4,12-16H2,1-2H3;(H,6,7). The Morgan fingerprint density at radius 1 is 1.11 bits per heavy atom. The Morgan fingerprint density at radius 3 is 2.24 bits per heavy atom. The van der Waals surface area contributed by atoms with Crippen molar-refractivity contribution in [1.29, 1.82) is 0 Å². The molecule has 1 heterocycles. The van der Waals surface area contributed by atoms with Crippen LogP contribution < -0.4 is 14.9 Å². The third-order valence-corrected chi connectivity index (χ3v) is 6.82. The van der Waals surface area contributed by atoms with Crippen LogP contribution >= 0.6 is 0 Å². The number of piperazine rings is 1. The van der Waals surface area contributed by atoms with Gasteiger partial charge in [0, 0.05) is 45.3 Å². The van der Waals surface area contributed by atoms with Crippen molar-refractivity contribution < 1.29 is 36.3 Å². The molecule has 0 saturated carbocycles. The highest BCUT2D eigenvalue weighted by molar-refractivity contribution is 7.92. The zero-order valence-corrected chi connectivity index (χ0v) is 21.4. The average molecular weight is 545 g/mol. The number of hydrogen-bond acceptors (Lipinski definition) is 6. The summed E-state index contributed by atoms with van der Waals surface area (Å²) < 4.78 is 60.4. The number of hydrogen-bond donors (Lipinski definition) is 3. The Morgan fingerprint density at radius 2 is 1.70 bits per heavy atom. The molecule has 0 atom stereocenters. The number of aliphatic carboxylic acids is 1. The van der Waals surface area contributed by atoms with Crippen LogP contribution in [0.2, 0.25) is 0 Å². The highest BCUT2D eigenvalue weighted by Gasteiger charge is 2.38. The molecule has 3 N–H and O–H groups in total. The summed E-state index contributed by atoms with van der Waals surface area (Å²) in [6.45, 7) is 5.93. The molecule has 0 bridgehead atoms. The molecule has 2 aromatic rings. The molecule has 0 unspecified atom stereocenters. The zero-order chi connectivity index (χ0) is 27.6. The predicted molar refractivity (Wildman–Crippen MR) is 134 cm³/mol. The van der Waals surface area contributed by atoms with Crippen LogP contribution in [0.4, 0.5) is 24.5 Å². The number of amides is 1. The maximum atomic E-state index is 13.0. The second-order valence-electron chi connectivity index (χ2n) is 8.27. The summed E-state index contributed by atoms with van der Waals surface area (Å²) in [4.78, 5) is 25.7. The van der Waals surface area contributed by atoms with Gasteiger partial charge in [-0.25, -0.2) is 13.2 Å². The fraction of sp³-hybridized carbons (Fsp3) is 0.417. The number of carboxylic acids is 1. The van der Waals surface area contributed by atoms with Crippen molar-refractivity contribution in [3.8, 4) is 0 Å². The van der Waals surface area contributed by atoms with Gasteiger partial charge in [-0.3, -0.25) is 9.52 Å². The number of anilines is 2. The number of nitrogens with zero attached hydrogens (tertiary/aromatic N) is 2. The van der Waals surface area contributed by atoms with Crippen LogP contribution in [0.1, 0.15) is 30.1 Å². The van der Waals surface area contributed by atoms with E-state index >= 15 is 0 Å². The van der Waals surface area contributed by atoms with Gasteiger partial charge in [0.2, 0.25) is 0 Å². The van der Waals surface area contributed by atoms with Gasteiger partial charge in [-0.05, 0) is 36.8 Å². The number of carbonyl (C=O) groups excluding carboxylic acids is 1. The summed E-state index contributed by atoms with van der Waals surface area (Å²) in [5, 5.41) is 10.4. The number of carboxylic acid groups (broad SMARTS) is 1. The molecule has 204 valence electrons. The lowest BCUT2D eigenvalue weighted by molar-refractivity contribution is -0.192. The Balaban J connectivity index is 0.000000604. The third-order valence-electron chi connectivity index (χ3n) is 5.44. The summed E-state index contributed by atoms with van der Waals surface area (Å²) >= 11 is 0. The molecule has 1 aliphatic rings. The van der Waals surface area contributed by atoms with E-state index < -0.39 is 22.2 Å². The highest BCUT2D eigenvalue weighted by Crippen LogP contribution is 2.30. The molecule has 0 spiro atoms. The Kier molecular flexibility index (Phi) is 10.7. The van der Waals surface area contributed by atoms with Gasteiger partial charge in [0.15, 0.2) is 0 Å². The molecule has 1 saturated heterocycles. The van der Waals surface area contributed by atoms with Crippen molar-refractivity contribution in [3.05, 3.63) is 54.1 Å². The fourth-order valence-electron chi connectivity index (χ4n) is 3.45. The molecule has 2 aromatic carbocycles. The second-order valence-corrected chi connectivity index (χ2v) is 9.95. The molecule has 9 nitrogen and oxygen atoms in total. The van der Waals surface area contributed by atoms with E-state index in [-0.39, 0.29) is 10.8 Å². The van der Waals surface area contributed by atoms with Crippen molar-refractivity contribution in [2.24, 2.45) is 0 Å². The van der Waals surface area contributed by atoms with Gasteiger partial charge in [-0.1, -0.05) is 31.5 Å². The van der Waals surface area contributed by atoms with E-state index in [1.807, 2.05) is 6.07 Å².